The summed E-state index contributed by atoms with van der Waals surface area (Å²) < 4.78 is 63.9. The summed E-state index contributed by atoms with van der Waals surface area (Å²) >= 11 is 3.32. The van der Waals surface area contributed by atoms with E-state index in [-0.39, 0.29) is 18.9 Å². The smallest absolute Gasteiger partial charge is 0.265 e. The summed E-state index contributed by atoms with van der Waals surface area (Å²) in [5, 5.41) is 0. The molecule has 1 N–H and O–H groups in total. The van der Waals surface area contributed by atoms with Gasteiger partial charge in [-0.05, 0) is 54.3 Å². The van der Waals surface area contributed by atoms with E-state index in [1.54, 1.807) is 29.2 Å². The second kappa shape index (κ2) is 11.4. The highest BCUT2D eigenvalue weighted by atomic mass is 79.9. The Morgan fingerprint density at radius 3 is 2.42 bits per heavy atom. The number of aryl methyl sites for hydroxylation is 1. The molecule has 0 aliphatic carbocycles. The van der Waals surface area contributed by atoms with Gasteiger partial charge in [-0.25, -0.2) is 8.78 Å². The van der Waals surface area contributed by atoms with Gasteiger partial charge in [0.15, 0.2) is 18.2 Å². The number of benzene rings is 2. The first kappa shape index (κ1) is 25.5. The van der Waals surface area contributed by atoms with Crippen LogP contribution < -0.4 is 4.74 Å². The van der Waals surface area contributed by atoms with E-state index in [1.807, 2.05) is 0 Å². The number of carbonyl (C=O) groups is 1. The van der Waals surface area contributed by atoms with Gasteiger partial charge in [-0.2, -0.15) is 8.42 Å². The third-order valence-electron chi connectivity index (χ3n) is 5.43. The molecule has 0 saturated carbocycles. The van der Waals surface area contributed by atoms with Gasteiger partial charge in [-0.15, -0.1) is 0 Å². The van der Waals surface area contributed by atoms with Crippen molar-refractivity contribution in [3.05, 3.63) is 63.6 Å². The van der Waals surface area contributed by atoms with Crippen molar-refractivity contribution in [1.82, 2.24) is 9.80 Å². The number of nitrogens with zero attached hydrogens (tertiary/aromatic N) is 2. The Hall–Kier alpha value is -2.08. The summed E-state index contributed by atoms with van der Waals surface area (Å²) in [6.07, 6.45) is 0.641. The predicted molar refractivity (Wildman–Crippen MR) is 123 cm³/mol. The fraction of sp³-hybridized carbons (Fsp3) is 0.409. The zero-order chi connectivity index (χ0) is 24.0. The molecule has 2 aromatic rings. The Bertz CT molecular complexity index is 1090. The van der Waals surface area contributed by atoms with Gasteiger partial charge in [0.1, 0.15) is 5.75 Å². The van der Waals surface area contributed by atoms with Crippen LogP contribution >= 0.6 is 15.9 Å². The molecule has 0 atom stereocenters. The summed E-state index contributed by atoms with van der Waals surface area (Å²) in [7, 11) is -4.12. The normalized spacial score (nSPS) is 15.0. The Balaban J connectivity index is 1.46. The van der Waals surface area contributed by atoms with Crippen molar-refractivity contribution in [3.63, 3.8) is 0 Å². The minimum Gasteiger partial charge on any atom is -0.483 e. The first-order valence-electron chi connectivity index (χ1n) is 10.4. The average Bonchev–Trinajstić information content (AvgIpc) is 2.77. The summed E-state index contributed by atoms with van der Waals surface area (Å²) in [5.41, 5.74) is 1.29. The average molecular weight is 547 g/mol. The van der Waals surface area contributed by atoms with Gasteiger partial charge in [0.25, 0.3) is 16.0 Å². The summed E-state index contributed by atoms with van der Waals surface area (Å²) in [6, 6.07) is 8.97. The number of piperazine rings is 1. The highest BCUT2D eigenvalue weighted by molar-refractivity contribution is 9.10. The molecule has 1 aliphatic heterocycles. The predicted octanol–water partition coefficient (Wildman–Crippen LogP) is 2.92. The van der Waals surface area contributed by atoms with E-state index in [1.165, 1.54) is 6.07 Å². The molecule has 0 bridgehead atoms. The number of amides is 1. The van der Waals surface area contributed by atoms with Gasteiger partial charge in [-0.3, -0.25) is 14.2 Å². The molecule has 0 aromatic heterocycles. The minimum atomic E-state index is -4.12. The van der Waals surface area contributed by atoms with Gasteiger partial charge in [-0.1, -0.05) is 22.0 Å². The Kier molecular flexibility index (Phi) is 8.80. The first-order chi connectivity index (χ1) is 15.6. The second-order valence-electron chi connectivity index (χ2n) is 7.80. The number of halogens is 3. The highest BCUT2D eigenvalue weighted by Gasteiger charge is 2.22. The zero-order valence-corrected chi connectivity index (χ0v) is 20.2. The van der Waals surface area contributed by atoms with Gasteiger partial charge in [0.2, 0.25) is 0 Å². The lowest BCUT2D eigenvalue weighted by molar-refractivity contribution is -0.135. The Labute approximate surface area is 200 Å². The van der Waals surface area contributed by atoms with Crippen LogP contribution in [0, 0.1) is 11.6 Å². The van der Waals surface area contributed by atoms with Crippen LogP contribution in [0.25, 0.3) is 0 Å². The third-order valence-corrected chi connectivity index (χ3v) is 6.64. The minimum absolute atomic E-state index is 0.0540. The number of hydrogen-bond acceptors (Lipinski definition) is 5. The SMILES string of the molecule is O=C(COc1ccc(Br)cc1CCS(=O)(=O)O)N1CCN(CCc2ccc(F)c(F)c2)CC1. The van der Waals surface area contributed by atoms with Gasteiger partial charge in [0, 0.05) is 37.2 Å². The van der Waals surface area contributed by atoms with Crippen LogP contribution in [0.4, 0.5) is 8.78 Å². The summed E-state index contributed by atoms with van der Waals surface area (Å²) in [5.74, 6) is -1.95. The maximum atomic E-state index is 13.3. The van der Waals surface area contributed by atoms with Crippen LogP contribution in [0.1, 0.15) is 11.1 Å². The fourth-order valence-electron chi connectivity index (χ4n) is 3.56. The maximum Gasteiger partial charge on any atom is 0.265 e. The molecule has 1 saturated heterocycles. The Morgan fingerprint density at radius 1 is 1.03 bits per heavy atom. The molecule has 1 amide bonds. The molecule has 1 heterocycles. The molecule has 7 nitrogen and oxygen atoms in total. The van der Waals surface area contributed by atoms with Crippen LogP contribution in [0.15, 0.2) is 40.9 Å². The molecule has 180 valence electrons. The van der Waals surface area contributed by atoms with Gasteiger partial charge < -0.3 is 9.64 Å². The molecule has 2 aromatic carbocycles. The highest BCUT2D eigenvalue weighted by Crippen LogP contribution is 2.24. The molecule has 0 unspecified atom stereocenters. The molecule has 0 spiro atoms. The Morgan fingerprint density at radius 2 is 1.76 bits per heavy atom. The molecule has 1 fully saturated rings. The van der Waals surface area contributed by atoms with E-state index in [0.29, 0.717) is 50.5 Å². The van der Waals surface area contributed by atoms with Crippen LogP contribution in [-0.4, -0.2) is 73.8 Å². The van der Waals surface area contributed by atoms with Gasteiger partial charge in [0.05, 0.1) is 5.75 Å². The molecular weight excluding hydrogens is 522 g/mol. The summed E-state index contributed by atoms with van der Waals surface area (Å²) in [6.45, 7) is 2.86. The van der Waals surface area contributed by atoms with Crippen molar-refractivity contribution in [2.45, 2.75) is 12.8 Å². The van der Waals surface area contributed by atoms with Crippen molar-refractivity contribution in [2.75, 3.05) is 45.1 Å². The van der Waals surface area contributed by atoms with Crippen molar-refractivity contribution in [1.29, 1.82) is 0 Å². The first-order valence-corrected chi connectivity index (χ1v) is 12.8. The lowest BCUT2D eigenvalue weighted by Gasteiger charge is -2.34. The number of hydrogen-bond donors (Lipinski definition) is 1. The van der Waals surface area contributed by atoms with Crippen LogP contribution in [0.5, 0.6) is 5.75 Å². The van der Waals surface area contributed by atoms with Crippen molar-refractivity contribution < 1.29 is 31.3 Å². The van der Waals surface area contributed by atoms with Gasteiger partial charge >= 0.3 is 0 Å². The molecule has 0 radical (unpaired) electrons. The van der Waals surface area contributed by atoms with Crippen molar-refractivity contribution in [2.24, 2.45) is 0 Å². The van der Waals surface area contributed by atoms with E-state index in [9.17, 15) is 22.0 Å². The summed E-state index contributed by atoms with van der Waals surface area (Å²) in [4.78, 5) is 16.4. The van der Waals surface area contributed by atoms with E-state index < -0.39 is 27.5 Å². The topological polar surface area (TPSA) is 87.1 Å². The van der Waals surface area contributed by atoms with E-state index in [2.05, 4.69) is 20.8 Å². The monoisotopic (exact) mass is 546 g/mol. The van der Waals surface area contributed by atoms with Crippen molar-refractivity contribution >= 4 is 32.0 Å². The lowest BCUT2D eigenvalue weighted by Crippen LogP contribution is -2.50. The lowest BCUT2D eigenvalue weighted by atomic mass is 10.1. The van der Waals surface area contributed by atoms with E-state index in [0.717, 1.165) is 16.1 Å². The van der Waals surface area contributed by atoms with Crippen LogP contribution in [0.2, 0.25) is 0 Å². The molecule has 1 aliphatic rings. The maximum absolute atomic E-state index is 13.3. The zero-order valence-electron chi connectivity index (χ0n) is 17.8. The van der Waals surface area contributed by atoms with Crippen LogP contribution in [-0.2, 0) is 27.8 Å². The molecular formula is C22H25BrF2N2O5S. The second-order valence-corrected chi connectivity index (χ2v) is 10.3. The quantitative estimate of drug-likeness (QED) is 0.486. The van der Waals surface area contributed by atoms with E-state index in [4.69, 9.17) is 9.29 Å². The largest absolute Gasteiger partial charge is 0.483 e. The molecule has 3 rings (SSSR count). The van der Waals surface area contributed by atoms with Crippen molar-refractivity contribution in [3.8, 4) is 5.75 Å². The van der Waals surface area contributed by atoms with E-state index >= 15 is 0 Å². The standard InChI is InChI=1S/C22H25BrF2N2O5S/c23-18-2-4-21(17(14-18)6-12-33(29,30)31)32-15-22(28)27-10-8-26(9-11-27)7-5-16-1-3-19(24)20(25)13-16/h1-4,13-14H,5-12,15H2,(H,29,30,31). The number of ether oxygens (including phenoxy) is 1. The molecule has 33 heavy (non-hydrogen) atoms. The molecule has 11 heteroatoms. The number of carbonyl (C=O) groups excluding carboxylic acids is 1. The third kappa shape index (κ3) is 8.02. The number of rotatable bonds is 9. The van der Waals surface area contributed by atoms with Crippen LogP contribution in [0.3, 0.4) is 0 Å². The fourth-order valence-corrected chi connectivity index (χ4v) is 4.44.